The Morgan fingerprint density at radius 2 is 2.09 bits per heavy atom. The molecule has 2 fully saturated rings. The number of likely N-dealkylation sites (N-methyl/N-ethyl adjacent to an activating group) is 1. The van der Waals surface area contributed by atoms with Crippen molar-refractivity contribution in [2.24, 2.45) is 5.92 Å². The summed E-state index contributed by atoms with van der Waals surface area (Å²) in [5.41, 5.74) is 0. The van der Waals surface area contributed by atoms with E-state index in [1.807, 2.05) is 0 Å². The van der Waals surface area contributed by atoms with E-state index in [0.29, 0.717) is 6.04 Å². The van der Waals surface area contributed by atoms with Crippen LogP contribution in [0.25, 0.3) is 0 Å². The third-order valence-corrected chi connectivity index (χ3v) is 2.97. The second-order valence-corrected chi connectivity index (χ2v) is 4.15. The predicted octanol–water partition coefficient (Wildman–Crippen LogP) is 0.688. The summed E-state index contributed by atoms with van der Waals surface area (Å²) in [4.78, 5) is 2.53. The van der Waals surface area contributed by atoms with Crippen molar-refractivity contribution in [3.8, 4) is 0 Å². The van der Waals surface area contributed by atoms with Crippen molar-refractivity contribution < 1.29 is 0 Å². The molecule has 2 heteroatoms. The molecule has 0 aromatic carbocycles. The van der Waals surface area contributed by atoms with Gasteiger partial charge in [-0.2, -0.15) is 0 Å². The molecule has 1 saturated carbocycles. The van der Waals surface area contributed by atoms with Crippen LogP contribution >= 0.6 is 0 Å². The molecule has 2 nitrogen and oxygen atoms in total. The highest BCUT2D eigenvalue weighted by Gasteiger charge is 2.35. The number of nitrogens with one attached hydrogen (secondary N) is 1. The van der Waals surface area contributed by atoms with Crippen molar-refractivity contribution in [3.63, 3.8) is 0 Å². The molecule has 2 rings (SSSR count). The van der Waals surface area contributed by atoms with E-state index in [-0.39, 0.29) is 0 Å². The smallest absolute Gasteiger partial charge is 0.0246 e. The molecule has 0 radical (unpaired) electrons. The SMILES string of the molecule is CC1CN(C)C(C2CC2)CN1. The van der Waals surface area contributed by atoms with Gasteiger partial charge in [0, 0.05) is 25.2 Å². The van der Waals surface area contributed by atoms with Gasteiger partial charge in [0.05, 0.1) is 0 Å². The van der Waals surface area contributed by atoms with E-state index in [9.17, 15) is 0 Å². The van der Waals surface area contributed by atoms with Gasteiger partial charge in [-0.25, -0.2) is 0 Å². The predicted molar refractivity (Wildman–Crippen MR) is 46.6 cm³/mol. The molecule has 1 aliphatic heterocycles. The molecule has 11 heavy (non-hydrogen) atoms. The highest BCUT2D eigenvalue weighted by Crippen LogP contribution is 2.35. The summed E-state index contributed by atoms with van der Waals surface area (Å²) in [6.45, 7) is 4.70. The van der Waals surface area contributed by atoms with Gasteiger partial charge in [-0.05, 0) is 32.7 Å². The van der Waals surface area contributed by atoms with E-state index >= 15 is 0 Å². The van der Waals surface area contributed by atoms with Crippen LogP contribution in [0.15, 0.2) is 0 Å². The van der Waals surface area contributed by atoms with Crippen molar-refractivity contribution in [1.29, 1.82) is 0 Å². The Hall–Kier alpha value is -0.0800. The summed E-state index contributed by atoms with van der Waals surface area (Å²) in [5, 5.41) is 3.54. The minimum absolute atomic E-state index is 0.690. The first-order chi connectivity index (χ1) is 5.27. The van der Waals surface area contributed by atoms with Gasteiger partial charge in [0.15, 0.2) is 0 Å². The van der Waals surface area contributed by atoms with Crippen LogP contribution in [0.1, 0.15) is 19.8 Å². The topological polar surface area (TPSA) is 15.3 Å². The van der Waals surface area contributed by atoms with E-state index in [1.54, 1.807) is 0 Å². The zero-order valence-corrected chi connectivity index (χ0v) is 7.51. The summed E-state index contributed by atoms with van der Waals surface area (Å²) in [7, 11) is 2.26. The van der Waals surface area contributed by atoms with E-state index in [0.717, 1.165) is 12.0 Å². The highest BCUT2D eigenvalue weighted by atomic mass is 15.2. The van der Waals surface area contributed by atoms with Gasteiger partial charge in [-0.1, -0.05) is 0 Å². The Balaban J connectivity index is 1.90. The lowest BCUT2D eigenvalue weighted by Crippen LogP contribution is -2.54. The molecule has 0 aromatic heterocycles. The van der Waals surface area contributed by atoms with Gasteiger partial charge in [-0.15, -0.1) is 0 Å². The number of hydrogen-bond acceptors (Lipinski definition) is 2. The molecule has 1 aliphatic carbocycles. The Morgan fingerprint density at radius 3 is 2.64 bits per heavy atom. The molecule has 1 heterocycles. The summed E-state index contributed by atoms with van der Waals surface area (Å²) in [5.74, 6) is 1.01. The van der Waals surface area contributed by atoms with Crippen molar-refractivity contribution in [2.75, 3.05) is 20.1 Å². The van der Waals surface area contributed by atoms with Crippen molar-refractivity contribution in [1.82, 2.24) is 10.2 Å². The maximum absolute atomic E-state index is 3.54. The Labute approximate surface area is 69.0 Å². The Bertz CT molecular complexity index is 142. The van der Waals surface area contributed by atoms with Crippen molar-refractivity contribution >= 4 is 0 Å². The van der Waals surface area contributed by atoms with E-state index in [4.69, 9.17) is 0 Å². The molecular formula is C9H18N2. The van der Waals surface area contributed by atoms with Gasteiger partial charge in [0.2, 0.25) is 0 Å². The molecule has 0 spiro atoms. The van der Waals surface area contributed by atoms with E-state index in [1.165, 1.54) is 25.9 Å². The average Bonchev–Trinajstić information content (AvgIpc) is 2.70. The zero-order chi connectivity index (χ0) is 7.84. The molecular weight excluding hydrogens is 136 g/mol. The van der Waals surface area contributed by atoms with Gasteiger partial charge in [-0.3, -0.25) is 0 Å². The second kappa shape index (κ2) is 2.76. The Morgan fingerprint density at radius 1 is 1.36 bits per heavy atom. The molecule has 1 N–H and O–H groups in total. The van der Waals surface area contributed by atoms with Crippen LogP contribution in [0, 0.1) is 5.92 Å². The minimum atomic E-state index is 0.690. The number of nitrogens with zero attached hydrogens (tertiary/aromatic N) is 1. The molecule has 0 amide bonds. The van der Waals surface area contributed by atoms with Crippen LogP contribution in [0.4, 0.5) is 0 Å². The average molecular weight is 154 g/mol. The lowest BCUT2D eigenvalue weighted by atomic mass is 10.1. The third kappa shape index (κ3) is 1.57. The fraction of sp³-hybridized carbons (Fsp3) is 1.00. The molecule has 2 unspecified atom stereocenters. The number of hydrogen-bond donors (Lipinski definition) is 1. The van der Waals surface area contributed by atoms with Crippen molar-refractivity contribution in [2.45, 2.75) is 31.8 Å². The molecule has 0 bridgehead atoms. The van der Waals surface area contributed by atoms with Gasteiger partial charge in [0.25, 0.3) is 0 Å². The molecule has 2 atom stereocenters. The number of piperazine rings is 1. The summed E-state index contributed by atoms with van der Waals surface area (Å²) in [6, 6.07) is 1.53. The van der Waals surface area contributed by atoms with Crippen LogP contribution in [0.3, 0.4) is 0 Å². The second-order valence-electron chi connectivity index (χ2n) is 4.15. The first-order valence-electron chi connectivity index (χ1n) is 4.71. The zero-order valence-electron chi connectivity index (χ0n) is 7.51. The Kier molecular flexibility index (Phi) is 1.90. The van der Waals surface area contributed by atoms with Gasteiger partial charge >= 0.3 is 0 Å². The minimum Gasteiger partial charge on any atom is -0.311 e. The first-order valence-corrected chi connectivity index (χ1v) is 4.71. The van der Waals surface area contributed by atoms with Crippen LogP contribution in [-0.2, 0) is 0 Å². The molecule has 1 saturated heterocycles. The van der Waals surface area contributed by atoms with Gasteiger partial charge in [0.1, 0.15) is 0 Å². The first kappa shape index (κ1) is 7.56. The van der Waals surface area contributed by atoms with E-state index in [2.05, 4.69) is 24.2 Å². The van der Waals surface area contributed by atoms with Gasteiger partial charge < -0.3 is 10.2 Å². The summed E-state index contributed by atoms with van der Waals surface area (Å²) in [6.07, 6.45) is 2.93. The quantitative estimate of drug-likeness (QED) is 0.598. The summed E-state index contributed by atoms with van der Waals surface area (Å²) < 4.78 is 0. The lowest BCUT2D eigenvalue weighted by molar-refractivity contribution is 0.152. The van der Waals surface area contributed by atoms with Crippen LogP contribution in [0.5, 0.6) is 0 Å². The molecule has 64 valence electrons. The normalized spacial score (nSPS) is 40.9. The fourth-order valence-electron chi connectivity index (χ4n) is 2.12. The van der Waals surface area contributed by atoms with Crippen LogP contribution in [0.2, 0.25) is 0 Å². The highest BCUT2D eigenvalue weighted by molar-refractivity contribution is 4.92. The maximum Gasteiger partial charge on any atom is 0.0246 e. The summed E-state index contributed by atoms with van der Waals surface area (Å²) >= 11 is 0. The third-order valence-electron chi connectivity index (χ3n) is 2.97. The lowest BCUT2D eigenvalue weighted by Gasteiger charge is -2.36. The fourth-order valence-corrected chi connectivity index (χ4v) is 2.12. The standard InChI is InChI=1S/C9H18N2/c1-7-6-11(2)9(5-10-7)8-3-4-8/h7-10H,3-6H2,1-2H3. The molecule has 0 aromatic rings. The maximum atomic E-state index is 3.54. The van der Waals surface area contributed by atoms with E-state index < -0.39 is 0 Å². The van der Waals surface area contributed by atoms with Crippen LogP contribution in [-0.4, -0.2) is 37.1 Å². The number of rotatable bonds is 1. The monoisotopic (exact) mass is 154 g/mol. The van der Waals surface area contributed by atoms with Crippen LogP contribution < -0.4 is 5.32 Å². The largest absolute Gasteiger partial charge is 0.311 e. The molecule has 2 aliphatic rings. The van der Waals surface area contributed by atoms with Crippen molar-refractivity contribution in [3.05, 3.63) is 0 Å².